The van der Waals surface area contributed by atoms with Gasteiger partial charge in [0.05, 0.1) is 14.2 Å². The molecule has 114 valence electrons. The highest BCUT2D eigenvalue weighted by atomic mass is 16.7. The number of esters is 1. The molecule has 0 amide bonds. The summed E-state index contributed by atoms with van der Waals surface area (Å²) in [5.74, 6) is -1.42. The lowest BCUT2D eigenvalue weighted by Gasteiger charge is -2.14. The summed E-state index contributed by atoms with van der Waals surface area (Å²) in [6.45, 7) is 0. The van der Waals surface area contributed by atoms with Crippen LogP contribution in [0.4, 0.5) is 4.79 Å². The molecule has 0 unspecified atom stereocenters. The fraction of sp³-hybridized carbons (Fsp3) is 0.125. The van der Waals surface area contributed by atoms with Crippen LogP contribution in [0.1, 0.15) is 10.4 Å². The van der Waals surface area contributed by atoms with Crippen LogP contribution in [0.15, 0.2) is 42.5 Å². The van der Waals surface area contributed by atoms with E-state index in [2.05, 4.69) is 4.74 Å². The smallest absolute Gasteiger partial charge is 0.504 e. The summed E-state index contributed by atoms with van der Waals surface area (Å²) >= 11 is 0. The molecule has 0 aliphatic rings. The summed E-state index contributed by atoms with van der Waals surface area (Å²) in [4.78, 5) is 23.4. The van der Waals surface area contributed by atoms with Crippen molar-refractivity contribution in [3.05, 3.63) is 48.0 Å². The molecule has 0 aromatic heterocycles. The maximum atomic E-state index is 12.1. The van der Waals surface area contributed by atoms with Crippen molar-refractivity contribution in [3.63, 3.8) is 0 Å². The van der Waals surface area contributed by atoms with Crippen LogP contribution in [0.2, 0.25) is 0 Å². The van der Waals surface area contributed by atoms with Gasteiger partial charge in [0, 0.05) is 5.56 Å². The third-order valence-electron chi connectivity index (χ3n) is 2.96. The van der Waals surface area contributed by atoms with Gasteiger partial charge in [-0.1, -0.05) is 30.3 Å². The highest BCUT2D eigenvalue weighted by molar-refractivity contribution is 6.01. The van der Waals surface area contributed by atoms with Gasteiger partial charge in [0.25, 0.3) is 0 Å². The van der Waals surface area contributed by atoms with Crippen LogP contribution in [-0.4, -0.2) is 31.5 Å². The summed E-state index contributed by atoms with van der Waals surface area (Å²) in [5.41, 5.74) is 1.11. The van der Waals surface area contributed by atoms with E-state index >= 15 is 0 Å². The molecule has 0 atom stereocenters. The van der Waals surface area contributed by atoms with E-state index < -0.39 is 12.1 Å². The van der Waals surface area contributed by atoms with Crippen LogP contribution in [0.25, 0.3) is 11.1 Å². The predicted octanol–water partition coefficient (Wildman–Crippen LogP) is 2.99. The Morgan fingerprint density at radius 3 is 2.23 bits per heavy atom. The Labute approximate surface area is 126 Å². The second-order valence-corrected chi connectivity index (χ2v) is 4.25. The second kappa shape index (κ2) is 6.62. The first-order valence-corrected chi connectivity index (χ1v) is 6.34. The molecule has 0 saturated heterocycles. The van der Waals surface area contributed by atoms with Crippen LogP contribution in [0, 0.1) is 0 Å². The molecule has 0 radical (unpaired) electrons. The Morgan fingerprint density at radius 1 is 0.955 bits per heavy atom. The molecular weight excluding hydrogens is 288 g/mol. The van der Waals surface area contributed by atoms with Gasteiger partial charge >= 0.3 is 12.1 Å². The number of carbonyl (C=O) groups excluding carboxylic acids is 2. The SMILES string of the molecule is COC(=O)Oc1c(O)ccc(-c2ccccc2)c1C(=O)OC. The number of carbonyl (C=O) groups is 2. The molecule has 0 bridgehead atoms. The monoisotopic (exact) mass is 302 g/mol. The predicted molar refractivity (Wildman–Crippen MR) is 77.9 cm³/mol. The number of aromatic hydroxyl groups is 1. The second-order valence-electron chi connectivity index (χ2n) is 4.25. The topological polar surface area (TPSA) is 82.1 Å². The lowest BCUT2D eigenvalue weighted by Crippen LogP contribution is -2.13. The van der Waals surface area contributed by atoms with Crippen LogP contribution < -0.4 is 4.74 Å². The summed E-state index contributed by atoms with van der Waals surface area (Å²) in [5, 5.41) is 9.91. The van der Waals surface area contributed by atoms with E-state index in [9.17, 15) is 14.7 Å². The molecule has 2 aromatic carbocycles. The fourth-order valence-electron chi connectivity index (χ4n) is 1.96. The Morgan fingerprint density at radius 2 is 1.64 bits per heavy atom. The quantitative estimate of drug-likeness (QED) is 0.693. The molecule has 0 aliphatic heterocycles. The number of phenols is 1. The van der Waals surface area contributed by atoms with E-state index in [1.54, 1.807) is 30.3 Å². The van der Waals surface area contributed by atoms with Crippen molar-refractivity contribution in [1.82, 2.24) is 0 Å². The van der Waals surface area contributed by atoms with Gasteiger partial charge in [0.15, 0.2) is 11.5 Å². The van der Waals surface area contributed by atoms with Gasteiger partial charge in [0.2, 0.25) is 0 Å². The zero-order valence-corrected chi connectivity index (χ0v) is 12.0. The van der Waals surface area contributed by atoms with E-state index in [-0.39, 0.29) is 17.1 Å². The van der Waals surface area contributed by atoms with E-state index in [0.717, 1.165) is 7.11 Å². The fourth-order valence-corrected chi connectivity index (χ4v) is 1.96. The molecule has 2 aromatic rings. The van der Waals surface area contributed by atoms with Crippen molar-refractivity contribution in [2.24, 2.45) is 0 Å². The van der Waals surface area contributed by atoms with Crippen LogP contribution >= 0.6 is 0 Å². The first-order chi connectivity index (χ1) is 10.6. The third-order valence-corrected chi connectivity index (χ3v) is 2.96. The van der Waals surface area contributed by atoms with E-state index in [1.807, 2.05) is 6.07 Å². The first kappa shape index (κ1) is 15.4. The van der Waals surface area contributed by atoms with Crippen LogP contribution in [0.3, 0.4) is 0 Å². The maximum absolute atomic E-state index is 12.1. The van der Waals surface area contributed by atoms with Gasteiger partial charge in [-0.05, 0) is 17.7 Å². The van der Waals surface area contributed by atoms with Crippen molar-refractivity contribution >= 4 is 12.1 Å². The van der Waals surface area contributed by atoms with Gasteiger partial charge in [-0.3, -0.25) is 0 Å². The number of benzene rings is 2. The zero-order valence-electron chi connectivity index (χ0n) is 12.0. The van der Waals surface area contributed by atoms with Gasteiger partial charge in [-0.25, -0.2) is 9.59 Å². The summed E-state index contributed by atoms with van der Waals surface area (Å²) in [6.07, 6.45) is -1.05. The minimum absolute atomic E-state index is 0.0564. The first-order valence-electron chi connectivity index (χ1n) is 6.34. The summed E-state index contributed by atoms with van der Waals surface area (Å²) in [6, 6.07) is 11.8. The lowest BCUT2D eigenvalue weighted by atomic mass is 9.98. The Hall–Kier alpha value is -3.02. The van der Waals surface area contributed by atoms with Crippen molar-refractivity contribution in [2.45, 2.75) is 0 Å². The van der Waals surface area contributed by atoms with Crippen LogP contribution in [0.5, 0.6) is 11.5 Å². The minimum Gasteiger partial charge on any atom is -0.504 e. The summed E-state index contributed by atoms with van der Waals surface area (Å²) < 4.78 is 14.0. The maximum Gasteiger partial charge on any atom is 0.513 e. The Kier molecular flexibility index (Phi) is 4.63. The Bertz CT molecular complexity index is 693. The number of rotatable bonds is 3. The largest absolute Gasteiger partial charge is 0.513 e. The third kappa shape index (κ3) is 3.01. The normalized spacial score (nSPS) is 9.91. The number of methoxy groups -OCH3 is 2. The molecule has 0 heterocycles. The lowest BCUT2D eigenvalue weighted by molar-refractivity contribution is 0.0596. The van der Waals surface area contributed by atoms with Gasteiger partial charge in [0.1, 0.15) is 5.56 Å². The van der Waals surface area contributed by atoms with Gasteiger partial charge < -0.3 is 19.3 Å². The van der Waals surface area contributed by atoms with E-state index in [0.29, 0.717) is 11.1 Å². The molecule has 0 saturated carbocycles. The van der Waals surface area contributed by atoms with Crippen molar-refractivity contribution in [3.8, 4) is 22.6 Å². The van der Waals surface area contributed by atoms with Crippen molar-refractivity contribution < 1.29 is 28.9 Å². The van der Waals surface area contributed by atoms with Crippen molar-refractivity contribution in [2.75, 3.05) is 14.2 Å². The molecule has 6 heteroatoms. The number of hydrogen-bond donors (Lipinski definition) is 1. The highest BCUT2D eigenvalue weighted by Crippen LogP contribution is 2.38. The van der Waals surface area contributed by atoms with E-state index in [1.165, 1.54) is 13.2 Å². The molecule has 1 N–H and O–H groups in total. The molecule has 2 rings (SSSR count). The van der Waals surface area contributed by atoms with Gasteiger partial charge in [-0.2, -0.15) is 0 Å². The average Bonchev–Trinajstić information content (AvgIpc) is 2.56. The molecule has 22 heavy (non-hydrogen) atoms. The van der Waals surface area contributed by atoms with Gasteiger partial charge in [-0.15, -0.1) is 0 Å². The molecular formula is C16H14O6. The molecule has 6 nitrogen and oxygen atoms in total. The Balaban J connectivity index is 2.67. The molecule has 0 aliphatic carbocycles. The van der Waals surface area contributed by atoms with Crippen LogP contribution in [-0.2, 0) is 9.47 Å². The minimum atomic E-state index is -1.05. The van der Waals surface area contributed by atoms with E-state index in [4.69, 9.17) is 9.47 Å². The zero-order chi connectivity index (χ0) is 16.1. The summed E-state index contributed by atoms with van der Waals surface area (Å²) in [7, 11) is 2.32. The highest BCUT2D eigenvalue weighted by Gasteiger charge is 2.25. The number of hydrogen-bond acceptors (Lipinski definition) is 6. The number of ether oxygens (including phenoxy) is 3. The molecule has 0 spiro atoms. The van der Waals surface area contributed by atoms with Crippen molar-refractivity contribution in [1.29, 1.82) is 0 Å². The number of phenolic OH excluding ortho intramolecular Hbond substituents is 1. The molecule has 0 fully saturated rings. The standard InChI is InChI=1S/C16H14O6/c1-20-15(18)13-11(10-6-4-3-5-7-10)8-9-12(17)14(13)22-16(19)21-2/h3-9,17H,1-2H3. The average molecular weight is 302 g/mol.